The van der Waals surface area contributed by atoms with Crippen molar-refractivity contribution < 1.29 is 14.8 Å². The number of piperidine rings is 1. The Labute approximate surface area is 183 Å². The van der Waals surface area contributed by atoms with Crippen molar-refractivity contribution in [3.05, 3.63) is 47.7 Å². The molecule has 1 saturated carbocycles. The lowest BCUT2D eigenvalue weighted by Crippen LogP contribution is -2.72. The van der Waals surface area contributed by atoms with E-state index in [0.717, 1.165) is 68.7 Å². The zero-order valence-electron chi connectivity index (χ0n) is 18.1. The van der Waals surface area contributed by atoms with E-state index in [4.69, 9.17) is 15.9 Å². The monoisotopic (exact) mass is 422 g/mol. The van der Waals surface area contributed by atoms with E-state index in [1.807, 2.05) is 35.6 Å². The van der Waals surface area contributed by atoms with Crippen molar-refractivity contribution in [1.82, 2.24) is 4.98 Å². The third kappa shape index (κ3) is 4.78. The number of para-hydroxylation sites is 1. The summed E-state index contributed by atoms with van der Waals surface area (Å²) in [6.07, 6.45) is 5.29. The molecule has 31 heavy (non-hydrogen) atoms. The minimum absolute atomic E-state index is 0.251. The van der Waals surface area contributed by atoms with Crippen molar-refractivity contribution in [1.29, 1.82) is 5.41 Å². The van der Waals surface area contributed by atoms with Gasteiger partial charge in [-0.1, -0.05) is 24.6 Å². The fourth-order valence-corrected chi connectivity index (χ4v) is 4.49. The first-order valence-electron chi connectivity index (χ1n) is 11.1. The molecule has 1 amide bonds. The fraction of sp³-hybridized carbons (Fsp3) is 0.458. The van der Waals surface area contributed by atoms with Gasteiger partial charge >= 0.3 is 0 Å². The average molecular weight is 423 g/mol. The molecule has 2 aliphatic rings. The number of carbonyl (C=O) groups excluding carboxylic acids is 1. The van der Waals surface area contributed by atoms with Crippen molar-refractivity contribution >= 4 is 28.8 Å². The van der Waals surface area contributed by atoms with Gasteiger partial charge in [-0.25, -0.2) is 0 Å². The Morgan fingerprint density at radius 3 is 2.52 bits per heavy atom. The molecule has 7 heteroatoms. The summed E-state index contributed by atoms with van der Waals surface area (Å²) in [4.78, 5) is 19.0. The minimum atomic E-state index is -0.542. The third-order valence-electron chi connectivity index (χ3n) is 6.52. The first kappa shape index (κ1) is 21.5. The Bertz CT molecular complexity index is 934. The summed E-state index contributed by atoms with van der Waals surface area (Å²) in [5.74, 6) is 0.922. The summed E-state index contributed by atoms with van der Waals surface area (Å²) in [7, 11) is 1.75. The molecule has 2 aromatic rings. The first-order chi connectivity index (χ1) is 15.1. The predicted octanol–water partition coefficient (Wildman–Crippen LogP) is 2.74. The molecule has 0 unspecified atom stereocenters. The highest BCUT2D eigenvalue weighted by atomic mass is 16.5. The number of carbonyl (C=O) groups is 1. The van der Waals surface area contributed by atoms with Crippen LogP contribution < -0.4 is 16.0 Å². The number of benzene rings is 1. The molecule has 1 aromatic heterocycles. The zero-order chi connectivity index (χ0) is 21.8. The van der Waals surface area contributed by atoms with Crippen LogP contribution in [-0.2, 0) is 4.74 Å². The molecule has 0 bridgehead atoms. The second-order valence-electron chi connectivity index (χ2n) is 8.63. The lowest BCUT2D eigenvalue weighted by Gasteiger charge is -2.36. The van der Waals surface area contributed by atoms with Crippen LogP contribution >= 0.6 is 0 Å². The Balaban J connectivity index is 1.75. The highest BCUT2D eigenvalue weighted by molar-refractivity contribution is 6.09. The van der Waals surface area contributed by atoms with E-state index in [0.29, 0.717) is 17.4 Å². The number of hydrogen-bond donors (Lipinski definition) is 3. The number of pyridine rings is 1. The molecule has 164 valence electrons. The number of quaternary nitrogens is 1. The number of anilines is 1. The van der Waals surface area contributed by atoms with Gasteiger partial charge in [0.25, 0.3) is 5.91 Å². The molecular weight excluding hydrogens is 390 g/mol. The second kappa shape index (κ2) is 9.58. The van der Waals surface area contributed by atoms with Crippen LogP contribution in [0.1, 0.15) is 48.2 Å². The number of primary amides is 1. The molecular formula is C24H32N5O2+. The normalized spacial score (nSPS) is 17.4. The highest BCUT2D eigenvalue weighted by Gasteiger charge is 2.32. The van der Waals surface area contributed by atoms with Gasteiger partial charge in [-0.05, 0) is 49.8 Å². The van der Waals surface area contributed by atoms with Gasteiger partial charge in [0, 0.05) is 32.7 Å². The van der Waals surface area contributed by atoms with E-state index >= 15 is 0 Å². The SMILES string of the molecule is COCC1CCN(c2cc(C(N)=O)nc([NH2+]c3ccccc3)c2C(=N)C2CCC2)CC1. The first-order valence-corrected chi connectivity index (χ1v) is 11.1. The summed E-state index contributed by atoms with van der Waals surface area (Å²) in [6.45, 7) is 2.51. The van der Waals surface area contributed by atoms with Crippen molar-refractivity contribution in [2.24, 2.45) is 17.6 Å². The topological polar surface area (TPSA) is 109 Å². The molecule has 1 aliphatic carbocycles. The molecule has 1 saturated heterocycles. The van der Waals surface area contributed by atoms with Crippen LogP contribution in [-0.4, -0.2) is 43.4 Å². The number of nitrogens with zero attached hydrogens (tertiary/aromatic N) is 2. The Morgan fingerprint density at radius 2 is 1.94 bits per heavy atom. The van der Waals surface area contributed by atoms with E-state index in [9.17, 15) is 4.79 Å². The lowest BCUT2D eigenvalue weighted by molar-refractivity contribution is -0.483. The number of rotatable bonds is 8. The van der Waals surface area contributed by atoms with Gasteiger partial charge in [0.2, 0.25) is 5.82 Å². The molecule has 0 radical (unpaired) electrons. The Morgan fingerprint density at radius 1 is 1.23 bits per heavy atom. The maximum absolute atomic E-state index is 12.1. The molecule has 1 aromatic carbocycles. The van der Waals surface area contributed by atoms with Crippen LogP contribution in [0.15, 0.2) is 36.4 Å². The summed E-state index contributed by atoms with van der Waals surface area (Å²) < 4.78 is 5.35. The van der Waals surface area contributed by atoms with Crippen molar-refractivity contribution in [3.8, 4) is 0 Å². The van der Waals surface area contributed by atoms with E-state index < -0.39 is 5.91 Å². The number of aromatic nitrogens is 1. The minimum Gasteiger partial charge on any atom is -0.384 e. The Hall–Kier alpha value is -2.77. The molecule has 5 N–H and O–H groups in total. The quantitative estimate of drug-likeness (QED) is 0.449. The zero-order valence-corrected chi connectivity index (χ0v) is 18.1. The van der Waals surface area contributed by atoms with Crippen LogP contribution in [0.3, 0.4) is 0 Å². The lowest BCUT2D eigenvalue weighted by atomic mass is 9.79. The summed E-state index contributed by atoms with van der Waals surface area (Å²) in [6, 6.07) is 11.7. The third-order valence-corrected chi connectivity index (χ3v) is 6.52. The van der Waals surface area contributed by atoms with Gasteiger partial charge in [0.1, 0.15) is 16.9 Å². The van der Waals surface area contributed by atoms with Crippen LogP contribution in [0.25, 0.3) is 0 Å². The average Bonchev–Trinajstić information content (AvgIpc) is 2.73. The molecule has 0 spiro atoms. The van der Waals surface area contributed by atoms with Gasteiger partial charge in [-0.3, -0.25) is 10.1 Å². The maximum Gasteiger partial charge on any atom is 0.267 e. The van der Waals surface area contributed by atoms with Crippen LogP contribution in [0, 0.1) is 17.2 Å². The number of hydrogen-bond acceptors (Lipinski definition) is 5. The molecule has 2 fully saturated rings. The second-order valence-corrected chi connectivity index (χ2v) is 8.63. The number of nitrogens with two attached hydrogens (primary N) is 2. The van der Waals surface area contributed by atoms with Gasteiger partial charge in [0.15, 0.2) is 0 Å². The molecule has 0 atom stereocenters. The van der Waals surface area contributed by atoms with E-state index in [2.05, 4.69) is 9.88 Å². The smallest absolute Gasteiger partial charge is 0.267 e. The molecule has 4 rings (SSSR count). The van der Waals surface area contributed by atoms with Crippen LogP contribution in [0.4, 0.5) is 17.2 Å². The molecule has 2 heterocycles. The van der Waals surface area contributed by atoms with E-state index in [1.54, 1.807) is 13.2 Å². The summed E-state index contributed by atoms with van der Waals surface area (Å²) >= 11 is 0. The number of ether oxygens (including phenoxy) is 1. The number of methoxy groups -OCH3 is 1. The van der Waals surface area contributed by atoms with E-state index in [1.165, 1.54) is 0 Å². The fourth-order valence-electron chi connectivity index (χ4n) is 4.49. The van der Waals surface area contributed by atoms with Crippen molar-refractivity contribution in [2.45, 2.75) is 32.1 Å². The standard InChI is InChI=1S/C24H31N5O2/c1-31-15-16-10-12-29(13-11-16)20-14-19(23(26)30)28-24(27-18-8-3-2-4-9-18)21(20)22(25)17-6-5-7-17/h2-4,8-9,14,16-17,25H,5-7,10-13,15H2,1H3,(H2,26,30)(H,27,28)/p+1. The number of amides is 1. The number of nitrogens with one attached hydrogen (secondary N) is 1. The van der Waals surface area contributed by atoms with E-state index in [-0.39, 0.29) is 11.6 Å². The van der Waals surface area contributed by atoms with Gasteiger partial charge in [-0.2, -0.15) is 4.98 Å². The van der Waals surface area contributed by atoms with Crippen LogP contribution in [0.2, 0.25) is 0 Å². The highest BCUT2D eigenvalue weighted by Crippen LogP contribution is 2.36. The Kier molecular flexibility index (Phi) is 6.63. The van der Waals surface area contributed by atoms with Gasteiger partial charge in [-0.15, -0.1) is 0 Å². The predicted molar refractivity (Wildman–Crippen MR) is 121 cm³/mol. The summed E-state index contributed by atoms with van der Waals surface area (Å²) in [5.41, 5.74) is 9.29. The van der Waals surface area contributed by atoms with Crippen molar-refractivity contribution in [3.63, 3.8) is 0 Å². The summed E-state index contributed by atoms with van der Waals surface area (Å²) in [5, 5.41) is 11.0. The molecule has 1 aliphatic heterocycles. The maximum atomic E-state index is 12.1. The van der Waals surface area contributed by atoms with Gasteiger partial charge < -0.3 is 20.8 Å². The van der Waals surface area contributed by atoms with Crippen LogP contribution in [0.5, 0.6) is 0 Å². The largest absolute Gasteiger partial charge is 0.384 e. The molecule has 7 nitrogen and oxygen atoms in total. The van der Waals surface area contributed by atoms with Crippen molar-refractivity contribution in [2.75, 3.05) is 31.7 Å². The van der Waals surface area contributed by atoms with Gasteiger partial charge in [0.05, 0.1) is 11.4 Å².